The van der Waals surface area contributed by atoms with Gasteiger partial charge in [-0.3, -0.25) is 0 Å². The van der Waals surface area contributed by atoms with E-state index in [0.29, 0.717) is 10.0 Å². The monoisotopic (exact) mass is 364 g/mol. The van der Waals surface area contributed by atoms with Crippen molar-refractivity contribution in [1.29, 1.82) is 0 Å². The van der Waals surface area contributed by atoms with Gasteiger partial charge in [-0.15, -0.1) is 11.3 Å². The number of hydrogen-bond donors (Lipinski definition) is 1. The van der Waals surface area contributed by atoms with E-state index in [1.807, 2.05) is 31.4 Å². The normalized spacial score (nSPS) is 12.5. The van der Waals surface area contributed by atoms with E-state index in [2.05, 4.69) is 26.2 Å². The van der Waals surface area contributed by atoms with E-state index < -0.39 is 0 Å². The van der Waals surface area contributed by atoms with E-state index >= 15 is 0 Å². The second-order valence-electron chi connectivity index (χ2n) is 3.90. The predicted octanol–water partition coefficient (Wildman–Crippen LogP) is 5.69. The van der Waals surface area contributed by atoms with Crippen LogP contribution in [0.15, 0.2) is 22.0 Å². The molecular formula is C12H11BrCl2N2S. The summed E-state index contributed by atoms with van der Waals surface area (Å²) in [6, 6.07) is 3.69. The molecule has 1 N–H and O–H groups in total. The summed E-state index contributed by atoms with van der Waals surface area (Å²) in [7, 11) is 0. The van der Waals surface area contributed by atoms with E-state index in [-0.39, 0.29) is 6.04 Å². The number of rotatable bonds is 3. The number of halogens is 3. The number of nitrogens with zero attached hydrogens (tertiary/aromatic N) is 1. The second kappa shape index (κ2) is 5.78. The molecule has 6 heteroatoms. The molecule has 1 aromatic heterocycles. The van der Waals surface area contributed by atoms with Crippen LogP contribution in [0.4, 0.5) is 5.69 Å². The third kappa shape index (κ3) is 3.18. The second-order valence-corrected chi connectivity index (χ2v) is 6.69. The number of benzene rings is 1. The Hall–Kier alpha value is -0.290. The topological polar surface area (TPSA) is 24.9 Å². The van der Waals surface area contributed by atoms with Crippen molar-refractivity contribution in [3.63, 3.8) is 0 Å². The Morgan fingerprint density at radius 3 is 2.44 bits per heavy atom. The van der Waals surface area contributed by atoms with Crippen LogP contribution in [0.2, 0.25) is 10.0 Å². The van der Waals surface area contributed by atoms with Gasteiger partial charge in [0.05, 0.1) is 32.5 Å². The number of aryl methyl sites for hydroxylation is 1. The maximum absolute atomic E-state index is 6.18. The van der Waals surface area contributed by atoms with Gasteiger partial charge in [0.15, 0.2) is 0 Å². The fraction of sp³-hybridized carbons (Fsp3) is 0.250. The Morgan fingerprint density at radius 2 is 1.94 bits per heavy atom. The van der Waals surface area contributed by atoms with Crippen molar-refractivity contribution >= 4 is 56.2 Å². The fourth-order valence-electron chi connectivity index (χ4n) is 1.55. The van der Waals surface area contributed by atoms with Crippen molar-refractivity contribution in [3.05, 3.63) is 42.7 Å². The quantitative estimate of drug-likeness (QED) is 0.755. The molecule has 2 nitrogen and oxygen atoms in total. The van der Waals surface area contributed by atoms with Crippen LogP contribution in [0.1, 0.15) is 23.7 Å². The molecule has 0 radical (unpaired) electrons. The number of anilines is 1. The van der Waals surface area contributed by atoms with Gasteiger partial charge in [0.25, 0.3) is 0 Å². The molecule has 0 spiro atoms. The van der Waals surface area contributed by atoms with Crippen molar-refractivity contribution in [2.75, 3.05) is 5.32 Å². The summed E-state index contributed by atoms with van der Waals surface area (Å²) in [5.41, 5.74) is 1.73. The van der Waals surface area contributed by atoms with Crippen molar-refractivity contribution in [2.24, 2.45) is 0 Å². The average Bonchev–Trinajstić information content (AvgIpc) is 2.70. The highest BCUT2D eigenvalue weighted by atomic mass is 79.9. The van der Waals surface area contributed by atoms with E-state index in [1.54, 1.807) is 11.3 Å². The van der Waals surface area contributed by atoms with Gasteiger partial charge in [-0.25, -0.2) is 4.98 Å². The van der Waals surface area contributed by atoms with Crippen molar-refractivity contribution in [3.8, 4) is 0 Å². The van der Waals surface area contributed by atoms with Crippen LogP contribution in [0.25, 0.3) is 0 Å². The van der Waals surface area contributed by atoms with Gasteiger partial charge in [0, 0.05) is 9.85 Å². The van der Waals surface area contributed by atoms with E-state index in [9.17, 15) is 0 Å². The SMILES string of the molecule is Cc1nc(C(C)Nc2c(Cl)cc(Br)cc2Cl)cs1. The Balaban J connectivity index is 2.24. The van der Waals surface area contributed by atoms with Crippen LogP contribution in [-0.2, 0) is 0 Å². The maximum Gasteiger partial charge on any atom is 0.0898 e. The molecule has 0 amide bonds. The summed E-state index contributed by atoms with van der Waals surface area (Å²) in [6.07, 6.45) is 0. The third-order valence-electron chi connectivity index (χ3n) is 2.45. The molecule has 2 aromatic rings. The average molecular weight is 366 g/mol. The lowest BCUT2D eigenvalue weighted by Crippen LogP contribution is -2.08. The maximum atomic E-state index is 6.18. The van der Waals surface area contributed by atoms with Crippen LogP contribution in [0, 0.1) is 6.92 Å². The zero-order chi connectivity index (χ0) is 13.3. The van der Waals surface area contributed by atoms with Gasteiger partial charge in [0.1, 0.15) is 0 Å². The lowest BCUT2D eigenvalue weighted by Gasteiger charge is -2.16. The molecule has 0 saturated carbocycles. The Morgan fingerprint density at radius 1 is 1.33 bits per heavy atom. The Bertz CT molecular complexity index is 548. The molecule has 2 rings (SSSR count). The summed E-state index contributed by atoms with van der Waals surface area (Å²) >= 11 is 17.3. The zero-order valence-corrected chi connectivity index (χ0v) is 13.7. The van der Waals surface area contributed by atoms with E-state index in [0.717, 1.165) is 20.9 Å². The smallest absolute Gasteiger partial charge is 0.0898 e. The van der Waals surface area contributed by atoms with Crippen LogP contribution < -0.4 is 5.32 Å². The lowest BCUT2D eigenvalue weighted by atomic mass is 10.2. The molecular weight excluding hydrogens is 355 g/mol. The summed E-state index contributed by atoms with van der Waals surface area (Å²) < 4.78 is 0.861. The third-order valence-corrected chi connectivity index (χ3v) is 4.29. The highest BCUT2D eigenvalue weighted by Crippen LogP contribution is 2.36. The number of thiazole rings is 1. The molecule has 1 unspecified atom stereocenters. The first-order valence-electron chi connectivity index (χ1n) is 5.30. The fourth-order valence-corrected chi connectivity index (χ4v) is 3.57. The molecule has 0 bridgehead atoms. The van der Waals surface area contributed by atoms with Gasteiger partial charge >= 0.3 is 0 Å². The molecule has 0 aliphatic heterocycles. The highest BCUT2D eigenvalue weighted by Gasteiger charge is 2.13. The van der Waals surface area contributed by atoms with Gasteiger partial charge in [-0.1, -0.05) is 39.1 Å². The predicted molar refractivity (Wildman–Crippen MR) is 83.1 cm³/mol. The van der Waals surface area contributed by atoms with Crippen LogP contribution in [0.5, 0.6) is 0 Å². The van der Waals surface area contributed by atoms with Crippen molar-refractivity contribution in [2.45, 2.75) is 19.9 Å². The van der Waals surface area contributed by atoms with Gasteiger partial charge in [0.2, 0.25) is 0 Å². The highest BCUT2D eigenvalue weighted by molar-refractivity contribution is 9.10. The minimum Gasteiger partial charge on any atom is -0.375 e. The van der Waals surface area contributed by atoms with Crippen LogP contribution in [-0.4, -0.2) is 4.98 Å². The zero-order valence-electron chi connectivity index (χ0n) is 9.80. The number of aromatic nitrogens is 1. The van der Waals surface area contributed by atoms with E-state index in [1.165, 1.54) is 0 Å². The van der Waals surface area contributed by atoms with Crippen LogP contribution in [0.3, 0.4) is 0 Å². The largest absolute Gasteiger partial charge is 0.375 e. The molecule has 96 valence electrons. The number of hydrogen-bond acceptors (Lipinski definition) is 3. The molecule has 1 aromatic carbocycles. The van der Waals surface area contributed by atoms with Gasteiger partial charge in [-0.05, 0) is 26.0 Å². The Kier molecular flexibility index (Phi) is 4.54. The standard InChI is InChI=1S/C12H11BrCl2N2S/c1-6(11-5-18-7(2)17-11)16-12-9(14)3-8(13)4-10(12)15/h3-6,16H,1-2H3. The minimum absolute atomic E-state index is 0.0612. The molecule has 0 saturated heterocycles. The molecule has 0 aliphatic rings. The first-order valence-corrected chi connectivity index (χ1v) is 7.73. The summed E-state index contributed by atoms with van der Waals surface area (Å²) in [5, 5.41) is 7.56. The summed E-state index contributed by atoms with van der Waals surface area (Å²) in [4.78, 5) is 4.44. The van der Waals surface area contributed by atoms with E-state index in [4.69, 9.17) is 23.2 Å². The molecule has 1 atom stereocenters. The lowest BCUT2D eigenvalue weighted by molar-refractivity contribution is 0.845. The van der Waals surface area contributed by atoms with Gasteiger partial charge < -0.3 is 5.32 Å². The first-order chi connectivity index (χ1) is 8.47. The minimum atomic E-state index is 0.0612. The van der Waals surface area contributed by atoms with Crippen molar-refractivity contribution in [1.82, 2.24) is 4.98 Å². The Labute approximate surface area is 128 Å². The van der Waals surface area contributed by atoms with Gasteiger partial charge in [-0.2, -0.15) is 0 Å². The first kappa shape index (κ1) is 14.1. The summed E-state index contributed by atoms with van der Waals surface area (Å²) in [6.45, 7) is 4.02. The molecule has 1 heterocycles. The molecule has 0 fully saturated rings. The molecule has 0 aliphatic carbocycles. The summed E-state index contributed by atoms with van der Waals surface area (Å²) in [5.74, 6) is 0. The van der Waals surface area contributed by atoms with Crippen LogP contribution >= 0.6 is 50.5 Å². The number of nitrogens with one attached hydrogen (secondary N) is 1. The van der Waals surface area contributed by atoms with Crippen molar-refractivity contribution < 1.29 is 0 Å². The molecule has 18 heavy (non-hydrogen) atoms.